The molecule has 1 aliphatic rings. The summed E-state index contributed by atoms with van der Waals surface area (Å²) in [6, 6.07) is 0.00259. The van der Waals surface area contributed by atoms with Gasteiger partial charge in [-0.05, 0) is 12.8 Å². The van der Waals surface area contributed by atoms with Crippen molar-refractivity contribution < 1.29 is 9.90 Å². The van der Waals surface area contributed by atoms with Crippen LogP contribution in [-0.2, 0) is 11.3 Å². The van der Waals surface area contributed by atoms with E-state index in [1.807, 2.05) is 6.20 Å². The van der Waals surface area contributed by atoms with Crippen LogP contribution in [0.5, 0.6) is 0 Å². The fourth-order valence-corrected chi connectivity index (χ4v) is 2.21. The van der Waals surface area contributed by atoms with Crippen LogP contribution in [0, 0.1) is 5.92 Å². The lowest BCUT2D eigenvalue weighted by molar-refractivity contribution is -0.142. The Balaban J connectivity index is 2.18. The second kappa shape index (κ2) is 4.02. The average molecular weight is 209 g/mol. The first kappa shape index (κ1) is 10.2. The minimum absolute atomic E-state index is 0.00259. The number of rotatable bonds is 3. The minimum atomic E-state index is -0.720. The fourth-order valence-electron chi connectivity index (χ4n) is 2.21. The Kier molecular flexibility index (Phi) is 2.73. The second-order valence-corrected chi connectivity index (χ2v) is 3.98. The molecule has 1 fully saturated rings. The van der Waals surface area contributed by atoms with Gasteiger partial charge in [-0.3, -0.25) is 9.48 Å². The molecule has 1 aliphatic carbocycles. The van der Waals surface area contributed by atoms with Crippen LogP contribution >= 0.6 is 0 Å². The molecule has 1 saturated carbocycles. The van der Waals surface area contributed by atoms with Gasteiger partial charge in [0.1, 0.15) is 0 Å². The fraction of sp³-hybridized carbons (Fsp3) is 0.600. The molecule has 3 N–H and O–H groups in total. The summed E-state index contributed by atoms with van der Waals surface area (Å²) in [6.07, 6.45) is 6.16. The molecule has 1 aromatic heterocycles. The van der Waals surface area contributed by atoms with E-state index in [1.165, 1.54) is 0 Å². The van der Waals surface area contributed by atoms with Gasteiger partial charge in [-0.1, -0.05) is 6.42 Å². The van der Waals surface area contributed by atoms with Gasteiger partial charge < -0.3 is 10.8 Å². The maximum Gasteiger partial charge on any atom is 0.308 e. The molecule has 2 unspecified atom stereocenters. The lowest BCUT2D eigenvalue weighted by Gasteiger charge is -2.15. The molecule has 0 spiro atoms. The summed E-state index contributed by atoms with van der Waals surface area (Å²) >= 11 is 0. The molecule has 2 rings (SSSR count). The van der Waals surface area contributed by atoms with Crippen LogP contribution in [0.3, 0.4) is 0 Å². The predicted octanol–water partition coefficient (Wildman–Crippen LogP) is 0.768. The van der Waals surface area contributed by atoms with Crippen LogP contribution in [-0.4, -0.2) is 20.9 Å². The Hall–Kier alpha value is -1.36. The van der Waals surface area contributed by atoms with Crippen LogP contribution in [0.1, 0.15) is 30.9 Å². The van der Waals surface area contributed by atoms with E-state index in [0.717, 1.165) is 24.8 Å². The van der Waals surface area contributed by atoms with Crippen LogP contribution in [0.4, 0.5) is 0 Å². The van der Waals surface area contributed by atoms with Crippen molar-refractivity contribution in [2.75, 3.05) is 0 Å². The third-order valence-corrected chi connectivity index (χ3v) is 3.03. The Morgan fingerprint density at radius 1 is 1.67 bits per heavy atom. The topological polar surface area (TPSA) is 81.1 Å². The Morgan fingerprint density at radius 3 is 3.07 bits per heavy atom. The average Bonchev–Trinajstić information content (AvgIpc) is 2.85. The number of nitrogens with two attached hydrogens (primary N) is 1. The number of carboxylic acids is 1. The first-order valence-corrected chi connectivity index (χ1v) is 5.18. The maximum atomic E-state index is 11.0. The van der Waals surface area contributed by atoms with E-state index in [4.69, 9.17) is 10.8 Å². The van der Waals surface area contributed by atoms with Gasteiger partial charge in [0.25, 0.3) is 0 Å². The van der Waals surface area contributed by atoms with Gasteiger partial charge in [0, 0.05) is 18.3 Å². The molecule has 1 heterocycles. The van der Waals surface area contributed by atoms with E-state index < -0.39 is 5.97 Å². The monoisotopic (exact) mass is 209 g/mol. The van der Waals surface area contributed by atoms with E-state index in [2.05, 4.69) is 5.10 Å². The van der Waals surface area contributed by atoms with Gasteiger partial charge in [-0.15, -0.1) is 0 Å². The quantitative estimate of drug-likeness (QED) is 0.770. The molecule has 0 aliphatic heterocycles. The zero-order valence-corrected chi connectivity index (χ0v) is 8.47. The highest BCUT2D eigenvalue weighted by Gasteiger charge is 2.34. The molecular weight excluding hydrogens is 194 g/mol. The molecule has 0 saturated heterocycles. The number of nitrogens with zero attached hydrogens (tertiary/aromatic N) is 2. The summed E-state index contributed by atoms with van der Waals surface area (Å²) in [6.45, 7) is 0.449. The molecule has 15 heavy (non-hydrogen) atoms. The number of hydrogen-bond donors (Lipinski definition) is 2. The zero-order chi connectivity index (χ0) is 10.8. The largest absolute Gasteiger partial charge is 0.481 e. The highest BCUT2D eigenvalue weighted by Crippen LogP contribution is 2.35. The molecule has 82 valence electrons. The van der Waals surface area contributed by atoms with Crippen molar-refractivity contribution in [1.82, 2.24) is 9.78 Å². The van der Waals surface area contributed by atoms with Gasteiger partial charge in [0.15, 0.2) is 0 Å². The SMILES string of the molecule is NCc1cnn(C2CCCC2C(=O)O)c1. The third kappa shape index (κ3) is 1.87. The highest BCUT2D eigenvalue weighted by atomic mass is 16.4. The smallest absolute Gasteiger partial charge is 0.308 e. The first-order chi connectivity index (χ1) is 7.22. The number of carbonyl (C=O) groups is 1. The summed E-state index contributed by atoms with van der Waals surface area (Å²) in [5.74, 6) is -1.02. The maximum absolute atomic E-state index is 11.0. The van der Waals surface area contributed by atoms with Crippen LogP contribution < -0.4 is 5.73 Å². The molecular formula is C10H15N3O2. The van der Waals surface area contributed by atoms with Crippen molar-refractivity contribution >= 4 is 5.97 Å². The lowest BCUT2D eigenvalue weighted by atomic mass is 10.0. The van der Waals surface area contributed by atoms with Crippen molar-refractivity contribution in [3.63, 3.8) is 0 Å². The van der Waals surface area contributed by atoms with Crippen molar-refractivity contribution in [1.29, 1.82) is 0 Å². The van der Waals surface area contributed by atoms with Gasteiger partial charge in [-0.2, -0.15) is 5.10 Å². The summed E-state index contributed by atoms with van der Waals surface area (Å²) < 4.78 is 1.76. The molecule has 0 radical (unpaired) electrons. The number of carboxylic acid groups (broad SMARTS) is 1. The molecule has 5 heteroatoms. The molecule has 2 atom stereocenters. The highest BCUT2D eigenvalue weighted by molar-refractivity contribution is 5.71. The molecule has 1 aromatic rings. The van der Waals surface area contributed by atoms with Crippen molar-refractivity contribution in [3.05, 3.63) is 18.0 Å². The van der Waals surface area contributed by atoms with Gasteiger partial charge in [0.05, 0.1) is 18.2 Å². The number of aromatic nitrogens is 2. The molecule has 0 bridgehead atoms. The van der Waals surface area contributed by atoms with Crippen molar-refractivity contribution in [2.45, 2.75) is 31.8 Å². The van der Waals surface area contributed by atoms with Gasteiger partial charge >= 0.3 is 5.97 Å². The van der Waals surface area contributed by atoms with Crippen molar-refractivity contribution in [2.24, 2.45) is 11.7 Å². The normalized spacial score (nSPS) is 25.7. The van der Waals surface area contributed by atoms with E-state index in [9.17, 15) is 4.79 Å². The van der Waals surface area contributed by atoms with E-state index >= 15 is 0 Å². The molecule has 0 amide bonds. The Bertz CT molecular complexity index is 361. The van der Waals surface area contributed by atoms with E-state index in [1.54, 1.807) is 10.9 Å². The lowest BCUT2D eigenvalue weighted by Crippen LogP contribution is -2.21. The summed E-state index contributed by atoms with van der Waals surface area (Å²) in [5, 5.41) is 13.2. The van der Waals surface area contributed by atoms with Gasteiger partial charge in [-0.25, -0.2) is 0 Å². The van der Waals surface area contributed by atoms with Crippen LogP contribution in [0.15, 0.2) is 12.4 Å². The minimum Gasteiger partial charge on any atom is -0.481 e. The Morgan fingerprint density at radius 2 is 2.47 bits per heavy atom. The van der Waals surface area contributed by atoms with Crippen LogP contribution in [0.2, 0.25) is 0 Å². The van der Waals surface area contributed by atoms with Gasteiger partial charge in [0.2, 0.25) is 0 Å². The van der Waals surface area contributed by atoms with E-state index in [-0.39, 0.29) is 12.0 Å². The first-order valence-electron chi connectivity index (χ1n) is 5.18. The predicted molar refractivity (Wildman–Crippen MR) is 54.1 cm³/mol. The second-order valence-electron chi connectivity index (χ2n) is 3.98. The zero-order valence-electron chi connectivity index (χ0n) is 8.47. The third-order valence-electron chi connectivity index (χ3n) is 3.03. The van der Waals surface area contributed by atoms with Crippen molar-refractivity contribution in [3.8, 4) is 0 Å². The molecule has 0 aromatic carbocycles. The summed E-state index contributed by atoms with van der Waals surface area (Å²) in [7, 11) is 0. The Labute approximate surface area is 87.9 Å². The molecule has 5 nitrogen and oxygen atoms in total. The number of hydrogen-bond acceptors (Lipinski definition) is 3. The van der Waals surface area contributed by atoms with Crippen LogP contribution in [0.25, 0.3) is 0 Å². The van der Waals surface area contributed by atoms with E-state index in [0.29, 0.717) is 6.54 Å². The number of aliphatic carboxylic acids is 1. The summed E-state index contributed by atoms with van der Waals surface area (Å²) in [4.78, 5) is 11.0. The summed E-state index contributed by atoms with van der Waals surface area (Å²) in [5.41, 5.74) is 6.44. The standard InChI is InChI=1S/C10H15N3O2/c11-4-7-5-12-13(6-7)9-3-1-2-8(9)10(14)15/h5-6,8-9H,1-4,11H2,(H,14,15).